The van der Waals surface area contributed by atoms with Crippen LogP contribution in [0.1, 0.15) is 17.5 Å². The van der Waals surface area contributed by atoms with Gasteiger partial charge in [-0.1, -0.05) is 35.9 Å². The van der Waals surface area contributed by atoms with E-state index in [1.54, 1.807) is 12.1 Å². The Hall–Kier alpha value is -2.16. The molecule has 0 unspecified atom stereocenters. The summed E-state index contributed by atoms with van der Waals surface area (Å²) < 4.78 is 6.18. The van der Waals surface area contributed by atoms with Crippen LogP contribution in [0.25, 0.3) is 0 Å². The number of rotatable bonds is 6. The average molecular weight is 485 g/mol. The lowest BCUT2D eigenvalue weighted by molar-refractivity contribution is -0.124. The minimum atomic E-state index is -0.444. The molecule has 0 saturated carbocycles. The Morgan fingerprint density at radius 3 is 2.61 bits per heavy atom. The first-order valence-electron chi connectivity index (χ1n) is 8.36. The molecular weight excluding hydrogens is 466 g/mol. The summed E-state index contributed by atoms with van der Waals surface area (Å²) >= 11 is 14.4. The van der Waals surface area contributed by atoms with Crippen LogP contribution in [0.5, 0.6) is 5.75 Å². The zero-order valence-corrected chi connectivity index (χ0v) is 18.2. The number of hydrogen-bond acceptors (Lipinski definition) is 4. The summed E-state index contributed by atoms with van der Waals surface area (Å²) in [5.41, 5.74) is 6.78. The summed E-state index contributed by atoms with van der Waals surface area (Å²) in [5.74, 6) is -0.178. The van der Waals surface area contributed by atoms with Gasteiger partial charge in [-0.15, -0.1) is 0 Å². The van der Waals surface area contributed by atoms with E-state index in [-0.39, 0.29) is 24.0 Å². The second kappa shape index (κ2) is 11.0. The van der Waals surface area contributed by atoms with Crippen molar-refractivity contribution in [1.82, 2.24) is 16.2 Å². The van der Waals surface area contributed by atoms with Gasteiger partial charge in [0, 0.05) is 11.4 Å². The monoisotopic (exact) mass is 483 g/mol. The van der Waals surface area contributed by atoms with Crippen LogP contribution in [-0.4, -0.2) is 23.5 Å². The SMILES string of the molecule is Cc1ccc(OCC(=O)NNC(=S)NC(=O)CCc2ccccc2Cl)c(Br)c1. The topological polar surface area (TPSA) is 79.5 Å². The van der Waals surface area contributed by atoms with Crippen molar-refractivity contribution in [3.8, 4) is 5.75 Å². The van der Waals surface area contributed by atoms with E-state index in [0.717, 1.165) is 15.6 Å². The van der Waals surface area contributed by atoms with Crippen molar-refractivity contribution in [3.05, 3.63) is 63.1 Å². The summed E-state index contributed by atoms with van der Waals surface area (Å²) in [6.07, 6.45) is 0.698. The maximum atomic E-state index is 11.9. The lowest BCUT2D eigenvalue weighted by Crippen LogP contribution is -2.49. The molecule has 28 heavy (non-hydrogen) atoms. The van der Waals surface area contributed by atoms with E-state index in [9.17, 15) is 9.59 Å². The van der Waals surface area contributed by atoms with Gasteiger partial charge in [0.15, 0.2) is 11.7 Å². The quantitative estimate of drug-likeness (QED) is 0.432. The van der Waals surface area contributed by atoms with Gasteiger partial charge in [-0.25, -0.2) is 0 Å². The second-order valence-electron chi connectivity index (χ2n) is 5.86. The van der Waals surface area contributed by atoms with Crippen LogP contribution in [-0.2, 0) is 16.0 Å². The van der Waals surface area contributed by atoms with Crippen LogP contribution in [0.3, 0.4) is 0 Å². The minimum absolute atomic E-state index is 0.00553. The lowest BCUT2D eigenvalue weighted by atomic mass is 10.1. The lowest BCUT2D eigenvalue weighted by Gasteiger charge is -2.12. The van der Waals surface area contributed by atoms with Crippen molar-refractivity contribution in [1.29, 1.82) is 0 Å². The molecule has 9 heteroatoms. The Labute approximate surface area is 182 Å². The summed E-state index contributed by atoms with van der Waals surface area (Å²) in [6, 6.07) is 12.9. The molecule has 6 nitrogen and oxygen atoms in total. The van der Waals surface area contributed by atoms with Gasteiger partial charge < -0.3 is 10.1 Å². The Morgan fingerprint density at radius 1 is 1.14 bits per heavy atom. The molecule has 2 rings (SSSR count). The van der Waals surface area contributed by atoms with Gasteiger partial charge in [-0.05, 0) is 70.8 Å². The molecule has 0 bridgehead atoms. The third kappa shape index (κ3) is 7.46. The average Bonchev–Trinajstić information content (AvgIpc) is 2.65. The summed E-state index contributed by atoms with van der Waals surface area (Å²) in [6.45, 7) is 1.74. The van der Waals surface area contributed by atoms with Gasteiger partial charge in [0.1, 0.15) is 5.75 Å². The van der Waals surface area contributed by atoms with E-state index in [0.29, 0.717) is 17.2 Å². The van der Waals surface area contributed by atoms with Crippen LogP contribution in [0.2, 0.25) is 5.02 Å². The molecule has 0 radical (unpaired) electrons. The molecule has 0 heterocycles. The maximum Gasteiger partial charge on any atom is 0.276 e. The van der Waals surface area contributed by atoms with Crippen LogP contribution in [0.4, 0.5) is 0 Å². The number of hydrogen-bond donors (Lipinski definition) is 3. The number of amides is 2. The Bertz CT molecular complexity index is 879. The van der Waals surface area contributed by atoms with Gasteiger partial charge >= 0.3 is 0 Å². The van der Waals surface area contributed by atoms with Crippen molar-refractivity contribution in [3.63, 3.8) is 0 Å². The highest BCUT2D eigenvalue weighted by Gasteiger charge is 2.09. The molecule has 2 amide bonds. The van der Waals surface area contributed by atoms with Gasteiger partial charge in [0.2, 0.25) is 5.91 Å². The fraction of sp³-hybridized carbons (Fsp3) is 0.211. The molecule has 2 aromatic carbocycles. The summed E-state index contributed by atoms with van der Waals surface area (Å²) in [7, 11) is 0. The Balaban J connectivity index is 1.67. The predicted octanol–water partition coefficient (Wildman–Crippen LogP) is 3.44. The molecule has 0 spiro atoms. The standard InChI is InChI=1S/C19H19BrClN3O3S/c1-12-6-8-16(14(20)10-12)27-11-18(26)23-24-19(28)22-17(25)9-7-13-4-2-3-5-15(13)21/h2-6,8,10H,7,9,11H2,1H3,(H,23,26)(H2,22,24,25,28). The van der Waals surface area contributed by atoms with Gasteiger partial charge in [-0.2, -0.15) is 0 Å². The summed E-state index contributed by atoms with van der Waals surface area (Å²) in [5, 5.41) is 3.10. The van der Waals surface area contributed by atoms with Crippen LogP contribution in [0.15, 0.2) is 46.9 Å². The minimum Gasteiger partial charge on any atom is -0.483 e. The Morgan fingerprint density at radius 2 is 1.89 bits per heavy atom. The number of thiocarbonyl (C=S) groups is 1. The number of carbonyl (C=O) groups excluding carboxylic acids is 2. The molecule has 0 fully saturated rings. The van der Waals surface area contributed by atoms with E-state index in [1.165, 1.54) is 0 Å². The Kier molecular flexibility index (Phi) is 8.69. The third-order valence-electron chi connectivity index (χ3n) is 3.59. The van der Waals surface area contributed by atoms with E-state index >= 15 is 0 Å². The largest absolute Gasteiger partial charge is 0.483 e. The van der Waals surface area contributed by atoms with Crippen molar-refractivity contribution >= 4 is 56.7 Å². The maximum absolute atomic E-state index is 11.9. The molecule has 3 N–H and O–H groups in total. The number of nitrogens with one attached hydrogen (secondary N) is 3. The normalized spacial score (nSPS) is 10.1. The van der Waals surface area contributed by atoms with Gasteiger partial charge in [-0.3, -0.25) is 20.4 Å². The van der Waals surface area contributed by atoms with Crippen LogP contribution < -0.4 is 20.9 Å². The molecule has 148 valence electrons. The molecule has 0 saturated heterocycles. The van der Waals surface area contributed by atoms with Gasteiger partial charge in [0.25, 0.3) is 5.91 Å². The van der Waals surface area contributed by atoms with E-state index in [4.69, 9.17) is 28.6 Å². The van der Waals surface area contributed by atoms with Gasteiger partial charge in [0.05, 0.1) is 4.47 Å². The molecule has 0 aliphatic rings. The number of aryl methyl sites for hydroxylation is 2. The number of ether oxygens (including phenoxy) is 1. The van der Waals surface area contributed by atoms with Crippen LogP contribution >= 0.6 is 39.7 Å². The van der Waals surface area contributed by atoms with E-state index in [2.05, 4.69) is 32.1 Å². The molecule has 0 aromatic heterocycles. The van der Waals surface area contributed by atoms with Crippen molar-refractivity contribution in [2.45, 2.75) is 19.8 Å². The zero-order valence-electron chi connectivity index (χ0n) is 15.1. The smallest absolute Gasteiger partial charge is 0.276 e. The molecule has 0 atom stereocenters. The first-order valence-corrected chi connectivity index (χ1v) is 9.94. The molecule has 0 aliphatic carbocycles. The first kappa shape index (κ1) is 22.1. The van der Waals surface area contributed by atoms with E-state index in [1.807, 2.05) is 37.3 Å². The number of benzene rings is 2. The molecule has 0 aliphatic heterocycles. The molecule has 2 aromatic rings. The van der Waals surface area contributed by atoms with Crippen molar-refractivity contribution in [2.75, 3.05) is 6.61 Å². The predicted molar refractivity (Wildman–Crippen MR) is 116 cm³/mol. The second-order valence-corrected chi connectivity index (χ2v) is 7.53. The van der Waals surface area contributed by atoms with Crippen molar-refractivity contribution in [2.24, 2.45) is 0 Å². The fourth-order valence-electron chi connectivity index (χ4n) is 2.20. The number of halogens is 2. The fourth-order valence-corrected chi connectivity index (χ4v) is 3.20. The third-order valence-corrected chi connectivity index (χ3v) is 4.79. The van der Waals surface area contributed by atoms with Crippen molar-refractivity contribution < 1.29 is 14.3 Å². The first-order chi connectivity index (χ1) is 13.3. The van der Waals surface area contributed by atoms with E-state index < -0.39 is 5.91 Å². The highest BCUT2D eigenvalue weighted by atomic mass is 79.9. The van der Waals surface area contributed by atoms with Crippen LogP contribution in [0, 0.1) is 6.92 Å². The number of hydrazine groups is 1. The number of carbonyl (C=O) groups is 2. The highest BCUT2D eigenvalue weighted by molar-refractivity contribution is 9.10. The zero-order chi connectivity index (χ0) is 20.5. The highest BCUT2D eigenvalue weighted by Crippen LogP contribution is 2.25. The summed E-state index contributed by atoms with van der Waals surface area (Å²) in [4.78, 5) is 23.8. The molecular formula is C19H19BrClN3O3S.